The van der Waals surface area contributed by atoms with E-state index in [9.17, 15) is 9.18 Å². The highest BCUT2D eigenvalue weighted by atomic mass is 19.1. The van der Waals surface area contributed by atoms with Gasteiger partial charge in [0.15, 0.2) is 0 Å². The number of nitrogens with one attached hydrogen (secondary N) is 1. The second-order valence-corrected chi connectivity index (χ2v) is 6.45. The topological polar surface area (TPSA) is 64.4 Å². The lowest BCUT2D eigenvalue weighted by molar-refractivity contribution is -0.122. The summed E-state index contributed by atoms with van der Waals surface area (Å²) in [5.74, 6) is 0.393. The van der Waals surface area contributed by atoms with Crippen LogP contribution in [0.3, 0.4) is 0 Å². The lowest BCUT2D eigenvalue weighted by Gasteiger charge is -2.25. The van der Waals surface area contributed by atoms with E-state index in [1.807, 2.05) is 13.8 Å². The van der Waals surface area contributed by atoms with Crippen LogP contribution in [0.4, 0.5) is 4.39 Å². The summed E-state index contributed by atoms with van der Waals surface area (Å²) in [7, 11) is 0. The normalized spacial score (nSPS) is 18.3. The molecule has 1 N–H and O–H groups in total. The monoisotopic (exact) mass is 346 g/mol. The number of nitrogens with zero attached hydrogens (tertiary/aromatic N) is 1. The van der Waals surface area contributed by atoms with Crippen molar-refractivity contribution in [2.75, 3.05) is 6.61 Å². The minimum Gasteiger partial charge on any atom is -0.376 e. The van der Waals surface area contributed by atoms with Gasteiger partial charge < -0.3 is 14.6 Å². The minimum atomic E-state index is -0.292. The molecule has 1 aromatic carbocycles. The van der Waals surface area contributed by atoms with Crippen LogP contribution in [0.25, 0.3) is 0 Å². The fourth-order valence-electron chi connectivity index (χ4n) is 3.27. The van der Waals surface area contributed by atoms with Crippen molar-refractivity contribution in [3.63, 3.8) is 0 Å². The van der Waals surface area contributed by atoms with Crippen molar-refractivity contribution >= 4 is 5.91 Å². The molecule has 0 spiro atoms. The number of ether oxygens (including phenoxy) is 1. The van der Waals surface area contributed by atoms with Crippen molar-refractivity contribution in [2.45, 2.75) is 51.7 Å². The molecule has 5 nitrogen and oxygen atoms in total. The number of aromatic nitrogens is 1. The average Bonchev–Trinajstić information content (AvgIpc) is 3.23. The summed E-state index contributed by atoms with van der Waals surface area (Å²) in [6, 6.07) is 5.97. The number of hydrogen-bond donors (Lipinski definition) is 1. The summed E-state index contributed by atoms with van der Waals surface area (Å²) in [6.07, 6.45) is 2.69. The number of rotatable bonds is 6. The van der Waals surface area contributed by atoms with Crippen LogP contribution >= 0.6 is 0 Å². The van der Waals surface area contributed by atoms with Gasteiger partial charge in [-0.15, -0.1) is 0 Å². The van der Waals surface area contributed by atoms with Crippen molar-refractivity contribution in [2.24, 2.45) is 0 Å². The van der Waals surface area contributed by atoms with Crippen LogP contribution in [0, 0.1) is 19.7 Å². The third-order valence-electron chi connectivity index (χ3n) is 4.67. The fraction of sp³-hybridized carbons (Fsp3) is 0.474. The summed E-state index contributed by atoms with van der Waals surface area (Å²) in [6.45, 7) is 4.41. The first-order valence-electron chi connectivity index (χ1n) is 8.63. The molecule has 3 rings (SSSR count). The number of benzene rings is 1. The Morgan fingerprint density at radius 1 is 1.36 bits per heavy atom. The van der Waals surface area contributed by atoms with Crippen molar-refractivity contribution in [3.05, 3.63) is 52.7 Å². The summed E-state index contributed by atoms with van der Waals surface area (Å²) < 4.78 is 24.1. The summed E-state index contributed by atoms with van der Waals surface area (Å²) in [4.78, 5) is 12.5. The number of carbonyl (C=O) groups is 1. The quantitative estimate of drug-likeness (QED) is 0.871. The molecule has 1 aliphatic rings. The molecule has 1 fully saturated rings. The van der Waals surface area contributed by atoms with E-state index in [1.165, 1.54) is 12.1 Å². The highest BCUT2D eigenvalue weighted by molar-refractivity contribution is 5.76. The van der Waals surface area contributed by atoms with Crippen LogP contribution < -0.4 is 5.32 Å². The van der Waals surface area contributed by atoms with Crippen LogP contribution in [0.15, 0.2) is 28.8 Å². The molecular weight excluding hydrogens is 323 g/mol. The number of hydrogen-bond acceptors (Lipinski definition) is 4. The van der Waals surface area contributed by atoms with E-state index in [4.69, 9.17) is 9.26 Å². The molecule has 6 heteroatoms. The molecule has 1 aromatic heterocycles. The van der Waals surface area contributed by atoms with E-state index in [1.54, 1.807) is 12.1 Å². The van der Waals surface area contributed by atoms with Gasteiger partial charge in [0, 0.05) is 18.6 Å². The molecule has 0 radical (unpaired) electrons. The molecule has 0 aliphatic carbocycles. The van der Waals surface area contributed by atoms with E-state index in [0.717, 1.165) is 35.4 Å². The largest absolute Gasteiger partial charge is 0.376 e. The maximum absolute atomic E-state index is 13.2. The zero-order chi connectivity index (χ0) is 17.8. The SMILES string of the molecule is Cc1noc(C)c1CCC(=O)NC(c1ccc(F)cc1)C1CCCO1. The Bertz CT molecular complexity index is 701. The maximum atomic E-state index is 13.2. The van der Waals surface area contributed by atoms with Crippen LogP contribution in [-0.2, 0) is 16.0 Å². The predicted octanol–water partition coefficient (Wildman–Crippen LogP) is 3.40. The van der Waals surface area contributed by atoms with Crippen molar-refractivity contribution in [1.82, 2.24) is 10.5 Å². The standard InChI is InChI=1S/C19H23FN2O3/c1-12-16(13(2)25-22-12)9-10-18(23)21-19(17-4-3-11-24-17)14-5-7-15(20)8-6-14/h5-8,17,19H,3-4,9-11H2,1-2H3,(H,21,23). The van der Waals surface area contributed by atoms with Gasteiger partial charge in [-0.1, -0.05) is 17.3 Å². The number of halogens is 1. The third-order valence-corrected chi connectivity index (χ3v) is 4.67. The number of amides is 1. The van der Waals surface area contributed by atoms with E-state index >= 15 is 0 Å². The first-order chi connectivity index (χ1) is 12.0. The molecule has 2 unspecified atom stereocenters. The number of aryl methyl sites for hydroxylation is 2. The first kappa shape index (κ1) is 17.6. The van der Waals surface area contributed by atoms with Gasteiger partial charge in [0.25, 0.3) is 0 Å². The molecule has 2 atom stereocenters. The molecule has 1 amide bonds. The summed E-state index contributed by atoms with van der Waals surface area (Å²) >= 11 is 0. The molecule has 0 saturated carbocycles. The molecule has 2 heterocycles. The molecule has 25 heavy (non-hydrogen) atoms. The number of carbonyl (C=O) groups excluding carboxylic acids is 1. The van der Waals surface area contributed by atoms with Crippen molar-refractivity contribution in [3.8, 4) is 0 Å². The molecular formula is C19H23FN2O3. The Hall–Kier alpha value is -2.21. The molecule has 1 saturated heterocycles. The minimum absolute atomic E-state index is 0.0650. The van der Waals surface area contributed by atoms with Gasteiger partial charge in [-0.2, -0.15) is 0 Å². The van der Waals surface area contributed by atoms with E-state index in [2.05, 4.69) is 10.5 Å². The second kappa shape index (κ2) is 7.78. The summed E-state index contributed by atoms with van der Waals surface area (Å²) in [5.41, 5.74) is 2.66. The lowest BCUT2D eigenvalue weighted by atomic mass is 9.98. The molecule has 0 bridgehead atoms. The Labute approximate surface area is 146 Å². The lowest BCUT2D eigenvalue weighted by Crippen LogP contribution is -2.36. The van der Waals surface area contributed by atoms with Crippen LogP contribution in [0.1, 0.15) is 47.9 Å². The predicted molar refractivity (Wildman–Crippen MR) is 90.6 cm³/mol. The average molecular weight is 346 g/mol. The van der Waals surface area contributed by atoms with Crippen LogP contribution in [-0.4, -0.2) is 23.8 Å². The molecule has 1 aliphatic heterocycles. The van der Waals surface area contributed by atoms with Crippen LogP contribution in [0.5, 0.6) is 0 Å². The fourth-order valence-corrected chi connectivity index (χ4v) is 3.27. The molecule has 2 aromatic rings. The Morgan fingerprint density at radius 2 is 2.12 bits per heavy atom. The Kier molecular flexibility index (Phi) is 5.48. The van der Waals surface area contributed by atoms with Gasteiger partial charge in [-0.25, -0.2) is 4.39 Å². The second-order valence-electron chi connectivity index (χ2n) is 6.45. The van der Waals surface area contributed by atoms with Gasteiger partial charge in [0.1, 0.15) is 11.6 Å². The highest BCUT2D eigenvalue weighted by Crippen LogP contribution is 2.27. The van der Waals surface area contributed by atoms with Crippen molar-refractivity contribution < 1.29 is 18.4 Å². The highest BCUT2D eigenvalue weighted by Gasteiger charge is 2.28. The Morgan fingerprint density at radius 3 is 2.72 bits per heavy atom. The summed E-state index contributed by atoms with van der Waals surface area (Å²) in [5, 5.41) is 6.97. The van der Waals surface area contributed by atoms with Gasteiger partial charge >= 0.3 is 0 Å². The van der Waals surface area contributed by atoms with Gasteiger partial charge in [-0.05, 0) is 50.8 Å². The van der Waals surface area contributed by atoms with E-state index < -0.39 is 0 Å². The van der Waals surface area contributed by atoms with E-state index in [0.29, 0.717) is 19.4 Å². The maximum Gasteiger partial charge on any atom is 0.220 e. The zero-order valence-electron chi connectivity index (χ0n) is 14.5. The van der Waals surface area contributed by atoms with Gasteiger partial charge in [-0.3, -0.25) is 4.79 Å². The Balaban J connectivity index is 1.67. The third kappa shape index (κ3) is 4.25. The first-order valence-corrected chi connectivity index (χ1v) is 8.63. The van der Waals surface area contributed by atoms with Crippen molar-refractivity contribution in [1.29, 1.82) is 0 Å². The van der Waals surface area contributed by atoms with Gasteiger partial charge in [0.2, 0.25) is 5.91 Å². The zero-order valence-corrected chi connectivity index (χ0v) is 14.5. The smallest absolute Gasteiger partial charge is 0.220 e. The van der Waals surface area contributed by atoms with Crippen LogP contribution in [0.2, 0.25) is 0 Å². The van der Waals surface area contributed by atoms with Gasteiger partial charge in [0.05, 0.1) is 17.8 Å². The molecule has 134 valence electrons. The van der Waals surface area contributed by atoms with E-state index in [-0.39, 0.29) is 23.9 Å².